The van der Waals surface area contributed by atoms with E-state index in [1.165, 1.54) is 0 Å². The Hall–Kier alpha value is -2.29. The van der Waals surface area contributed by atoms with E-state index in [2.05, 4.69) is 41.0 Å². The van der Waals surface area contributed by atoms with Crippen molar-refractivity contribution in [1.29, 1.82) is 0 Å². The van der Waals surface area contributed by atoms with Crippen LogP contribution in [0.1, 0.15) is 50.6 Å². The fourth-order valence-electron chi connectivity index (χ4n) is 3.99. The van der Waals surface area contributed by atoms with E-state index in [1.807, 2.05) is 6.07 Å². The van der Waals surface area contributed by atoms with Gasteiger partial charge in [-0.2, -0.15) is 10.2 Å². The van der Waals surface area contributed by atoms with Gasteiger partial charge in [-0.25, -0.2) is 13.1 Å². The SMILES string of the molecule is CC(C)(C)c1ccc(=O)n(CC2CCCN2c2cc3c(nn2)CCS(=O)(=O)C3)n1. The molecule has 2 aromatic heterocycles. The molecule has 0 amide bonds. The second-order valence-corrected chi connectivity index (χ2v) is 11.2. The number of rotatable bonds is 3. The van der Waals surface area contributed by atoms with E-state index < -0.39 is 9.84 Å². The van der Waals surface area contributed by atoms with Crippen LogP contribution >= 0.6 is 0 Å². The number of anilines is 1. The van der Waals surface area contributed by atoms with Crippen molar-refractivity contribution in [2.75, 3.05) is 17.2 Å². The topological polar surface area (TPSA) is 98.0 Å². The first kappa shape index (κ1) is 20.0. The van der Waals surface area contributed by atoms with Crippen molar-refractivity contribution in [1.82, 2.24) is 20.0 Å². The summed E-state index contributed by atoms with van der Waals surface area (Å²) in [5, 5.41) is 13.2. The maximum atomic E-state index is 12.4. The minimum atomic E-state index is -3.06. The Labute approximate surface area is 170 Å². The van der Waals surface area contributed by atoms with Crippen LogP contribution in [0.5, 0.6) is 0 Å². The van der Waals surface area contributed by atoms with Crippen LogP contribution in [-0.2, 0) is 34.0 Å². The van der Waals surface area contributed by atoms with Crippen molar-refractivity contribution in [2.45, 2.75) is 63.8 Å². The molecule has 1 saturated heterocycles. The summed E-state index contributed by atoms with van der Waals surface area (Å²) in [6.45, 7) is 7.49. The Morgan fingerprint density at radius 1 is 1.21 bits per heavy atom. The van der Waals surface area contributed by atoms with Crippen LogP contribution in [-0.4, -0.2) is 46.7 Å². The van der Waals surface area contributed by atoms with Crippen LogP contribution in [0.2, 0.25) is 0 Å². The highest BCUT2D eigenvalue weighted by Gasteiger charge is 2.30. The molecule has 0 saturated carbocycles. The molecule has 29 heavy (non-hydrogen) atoms. The molecule has 0 bridgehead atoms. The molecule has 2 aliphatic heterocycles. The van der Waals surface area contributed by atoms with Crippen molar-refractivity contribution < 1.29 is 8.42 Å². The van der Waals surface area contributed by atoms with E-state index in [0.717, 1.165) is 36.3 Å². The van der Waals surface area contributed by atoms with Gasteiger partial charge in [-0.15, -0.1) is 5.10 Å². The molecule has 4 heterocycles. The molecular formula is C20H27N5O3S. The van der Waals surface area contributed by atoms with Crippen molar-refractivity contribution >= 4 is 15.7 Å². The quantitative estimate of drug-likeness (QED) is 0.746. The summed E-state index contributed by atoms with van der Waals surface area (Å²) in [6, 6.07) is 5.30. The van der Waals surface area contributed by atoms with Crippen LogP contribution in [0.3, 0.4) is 0 Å². The number of sulfone groups is 1. The molecule has 2 aromatic rings. The predicted molar refractivity (Wildman–Crippen MR) is 111 cm³/mol. The molecule has 1 unspecified atom stereocenters. The Morgan fingerprint density at radius 2 is 2.00 bits per heavy atom. The predicted octanol–water partition coefficient (Wildman–Crippen LogP) is 1.47. The van der Waals surface area contributed by atoms with Crippen LogP contribution < -0.4 is 10.5 Å². The van der Waals surface area contributed by atoms with Gasteiger partial charge in [0.1, 0.15) is 0 Å². The van der Waals surface area contributed by atoms with Crippen molar-refractivity contribution in [2.24, 2.45) is 0 Å². The van der Waals surface area contributed by atoms with Crippen molar-refractivity contribution in [3.8, 4) is 0 Å². The first-order chi connectivity index (χ1) is 13.6. The Bertz CT molecular complexity index is 1090. The van der Waals surface area contributed by atoms with Crippen LogP contribution in [0.15, 0.2) is 23.0 Å². The third kappa shape index (κ3) is 4.19. The summed E-state index contributed by atoms with van der Waals surface area (Å²) in [5.41, 5.74) is 2.14. The average Bonchev–Trinajstić information content (AvgIpc) is 3.09. The highest BCUT2D eigenvalue weighted by molar-refractivity contribution is 7.90. The normalized spacial score (nSPS) is 21.2. The van der Waals surface area contributed by atoms with Gasteiger partial charge in [0.2, 0.25) is 0 Å². The molecule has 8 nitrogen and oxygen atoms in total. The third-order valence-electron chi connectivity index (χ3n) is 5.66. The minimum absolute atomic E-state index is 0.0258. The molecule has 1 atom stereocenters. The molecule has 156 valence electrons. The lowest BCUT2D eigenvalue weighted by atomic mass is 9.92. The summed E-state index contributed by atoms with van der Waals surface area (Å²) in [5.74, 6) is 0.847. The average molecular weight is 418 g/mol. The number of aromatic nitrogens is 4. The highest BCUT2D eigenvalue weighted by Crippen LogP contribution is 2.28. The lowest BCUT2D eigenvalue weighted by molar-refractivity contribution is 0.456. The van der Waals surface area contributed by atoms with E-state index in [0.29, 0.717) is 18.8 Å². The lowest BCUT2D eigenvalue weighted by Gasteiger charge is -2.27. The summed E-state index contributed by atoms with van der Waals surface area (Å²) in [7, 11) is -3.06. The van der Waals surface area contributed by atoms with E-state index in [4.69, 9.17) is 0 Å². The van der Waals surface area contributed by atoms with E-state index >= 15 is 0 Å². The zero-order chi connectivity index (χ0) is 20.8. The number of nitrogens with zero attached hydrogens (tertiary/aromatic N) is 5. The van der Waals surface area contributed by atoms with Crippen molar-refractivity contribution in [3.05, 3.63) is 45.5 Å². The van der Waals surface area contributed by atoms with Crippen LogP contribution in [0.25, 0.3) is 0 Å². The third-order valence-corrected chi connectivity index (χ3v) is 7.24. The van der Waals surface area contributed by atoms with Crippen LogP contribution in [0.4, 0.5) is 5.82 Å². The first-order valence-corrected chi connectivity index (χ1v) is 11.9. The van der Waals surface area contributed by atoms with Crippen LogP contribution in [0, 0.1) is 0 Å². The molecule has 0 radical (unpaired) electrons. The summed E-state index contributed by atoms with van der Waals surface area (Å²) in [6.07, 6.45) is 2.33. The largest absolute Gasteiger partial charge is 0.350 e. The zero-order valence-electron chi connectivity index (χ0n) is 17.1. The monoisotopic (exact) mass is 417 g/mol. The fourth-order valence-corrected chi connectivity index (χ4v) is 5.36. The van der Waals surface area contributed by atoms with Crippen molar-refractivity contribution in [3.63, 3.8) is 0 Å². The summed E-state index contributed by atoms with van der Waals surface area (Å²) < 4.78 is 25.5. The standard InChI is InChI=1S/C20H27N5O3S/c1-20(2,3)17-6-7-19(26)25(23-17)12-15-5-4-9-24(15)18-11-14-13-29(27,28)10-8-16(14)21-22-18/h6-7,11,15H,4-5,8-10,12-13H2,1-3H3. The second-order valence-electron chi connectivity index (χ2n) is 8.99. The Kier molecular flexibility index (Phi) is 4.96. The van der Waals surface area contributed by atoms with Gasteiger partial charge >= 0.3 is 0 Å². The second kappa shape index (κ2) is 7.19. The molecule has 4 rings (SSSR count). The first-order valence-electron chi connectivity index (χ1n) is 10.0. The molecule has 0 N–H and O–H groups in total. The number of aryl methyl sites for hydroxylation is 1. The van der Waals surface area contributed by atoms with Gasteiger partial charge in [0.25, 0.3) is 5.56 Å². The molecule has 0 spiro atoms. The van der Waals surface area contributed by atoms with E-state index in [-0.39, 0.29) is 28.5 Å². The molecule has 9 heteroatoms. The van der Waals surface area contributed by atoms with Gasteiger partial charge in [-0.3, -0.25) is 4.79 Å². The Balaban J connectivity index is 1.60. The molecule has 0 aliphatic carbocycles. The van der Waals surface area contributed by atoms with Gasteiger partial charge in [0.05, 0.1) is 35.5 Å². The maximum absolute atomic E-state index is 12.4. The number of hydrogen-bond acceptors (Lipinski definition) is 7. The Morgan fingerprint density at radius 3 is 2.76 bits per heavy atom. The number of fused-ring (bicyclic) bond motifs is 1. The van der Waals surface area contributed by atoms with E-state index in [9.17, 15) is 13.2 Å². The summed E-state index contributed by atoms with van der Waals surface area (Å²) in [4.78, 5) is 14.5. The van der Waals surface area contributed by atoms with Gasteiger partial charge in [0, 0.05) is 24.4 Å². The van der Waals surface area contributed by atoms with E-state index in [1.54, 1.807) is 16.8 Å². The fraction of sp³-hybridized carbons (Fsp3) is 0.600. The highest BCUT2D eigenvalue weighted by atomic mass is 32.2. The van der Waals surface area contributed by atoms with Gasteiger partial charge in [-0.05, 0) is 30.5 Å². The van der Waals surface area contributed by atoms with Gasteiger partial charge < -0.3 is 4.90 Å². The lowest BCUT2D eigenvalue weighted by Crippen LogP contribution is -2.38. The van der Waals surface area contributed by atoms with Gasteiger partial charge in [0.15, 0.2) is 15.7 Å². The minimum Gasteiger partial charge on any atom is -0.350 e. The molecule has 1 fully saturated rings. The maximum Gasteiger partial charge on any atom is 0.266 e. The molecular weight excluding hydrogens is 390 g/mol. The molecule has 2 aliphatic rings. The smallest absolute Gasteiger partial charge is 0.266 e. The zero-order valence-corrected chi connectivity index (χ0v) is 17.9. The molecule has 0 aromatic carbocycles. The van der Waals surface area contributed by atoms with Gasteiger partial charge in [-0.1, -0.05) is 20.8 Å². The summed E-state index contributed by atoms with van der Waals surface area (Å²) >= 11 is 0. The number of hydrogen-bond donors (Lipinski definition) is 0.